The summed E-state index contributed by atoms with van der Waals surface area (Å²) in [5.41, 5.74) is 0.732. The molecule has 0 radical (unpaired) electrons. The van der Waals surface area contributed by atoms with Crippen molar-refractivity contribution in [3.63, 3.8) is 0 Å². The number of ether oxygens (including phenoxy) is 1. The van der Waals surface area contributed by atoms with Crippen LogP contribution in [0, 0.1) is 5.92 Å². The third-order valence-electron chi connectivity index (χ3n) is 8.70. The molecule has 2 aliphatic carbocycles. The highest BCUT2D eigenvalue weighted by molar-refractivity contribution is 5.98. The van der Waals surface area contributed by atoms with Crippen molar-refractivity contribution in [2.45, 2.75) is 81.8 Å². The van der Waals surface area contributed by atoms with Crippen molar-refractivity contribution in [2.24, 2.45) is 5.92 Å². The van der Waals surface area contributed by atoms with E-state index in [0.717, 1.165) is 64.8 Å². The average Bonchev–Trinajstić information content (AvgIpc) is 3.28. The third-order valence-corrected chi connectivity index (χ3v) is 8.70. The van der Waals surface area contributed by atoms with Crippen LogP contribution in [0.25, 0.3) is 0 Å². The molecule has 1 N–H and O–H groups in total. The van der Waals surface area contributed by atoms with E-state index in [1.165, 1.54) is 25.7 Å². The number of amides is 2. The highest BCUT2D eigenvalue weighted by atomic mass is 16.5. The van der Waals surface area contributed by atoms with Gasteiger partial charge in [0, 0.05) is 36.8 Å². The largest absolute Gasteiger partial charge is 0.379 e. The second-order valence-corrected chi connectivity index (χ2v) is 10.5. The van der Waals surface area contributed by atoms with Crippen LogP contribution in [0.2, 0.25) is 0 Å². The molecule has 33 heavy (non-hydrogen) atoms. The van der Waals surface area contributed by atoms with E-state index in [-0.39, 0.29) is 29.4 Å². The summed E-state index contributed by atoms with van der Waals surface area (Å²) in [7, 11) is 0. The number of carbonyl (C=O) groups is 2. The minimum Gasteiger partial charge on any atom is -0.379 e. The predicted molar refractivity (Wildman–Crippen MR) is 128 cm³/mol. The minimum absolute atomic E-state index is 0.0192. The van der Waals surface area contributed by atoms with Crippen molar-refractivity contribution in [3.05, 3.63) is 35.9 Å². The molecule has 0 bridgehead atoms. The van der Waals surface area contributed by atoms with E-state index in [4.69, 9.17) is 4.74 Å². The molecule has 1 aromatic rings. The van der Waals surface area contributed by atoms with E-state index < -0.39 is 0 Å². The normalized spacial score (nSPS) is 29.9. The van der Waals surface area contributed by atoms with Crippen molar-refractivity contribution in [1.29, 1.82) is 0 Å². The molecular weight excluding hydrogens is 414 g/mol. The van der Waals surface area contributed by atoms with Gasteiger partial charge in [-0.25, -0.2) is 0 Å². The van der Waals surface area contributed by atoms with E-state index in [1.807, 2.05) is 35.2 Å². The number of likely N-dealkylation sites (tertiary alicyclic amines) is 1. The first kappa shape index (κ1) is 22.9. The summed E-state index contributed by atoms with van der Waals surface area (Å²) in [6.07, 6.45) is 11.3. The maximum absolute atomic E-state index is 13.7. The predicted octanol–water partition coefficient (Wildman–Crippen LogP) is 3.61. The molecule has 3 atom stereocenters. The van der Waals surface area contributed by atoms with Crippen LogP contribution in [0.5, 0.6) is 0 Å². The number of fused-ring (bicyclic) bond motifs is 1. The summed E-state index contributed by atoms with van der Waals surface area (Å²) < 4.78 is 5.61. The van der Waals surface area contributed by atoms with Gasteiger partial charge >= 0.3 is 0 Å². The summed E-state index contributed by atoms with van der Waals surface area (Å²) in [5, 5.41) is 3.36. The van der Waals surface area contributed by atoms with Gasteiger partial charge in [0.15, 0.2) is 0 Å². The summed E-state index contributed by atoms with van der Waals surface area (Å²) in [6.45, 7) is 4.14. The van der Waals surface area contributed by atoms with E-state index in [2.05, 4.69) is 10.2 Å². The molecule has 2 heterocycles. The molecule has 5 rings (SSSR count). The Labute approximate surface area is 198 Å². The number of nitrogens with zero attached hydrogens (tertiary/aromatic N) is 2. The molecular formula is C27H39N3O3. The van der Waals surface area contributed by atoms with E-state index >= 15 is 0 Å². The third kappa shape index (κ3) is 4.69. The lowest BCUT2D eigenvalue weighted by atomic mass is 9.79. The highest BCUT2D eigenvalue weighted by Gasteiger charge is 2.48. The van der Waals surface area contributed by atoms with Crippen molar-refractivity contribution in [3.8, 4) is 0 Å². The summed E-state index contributed by atoms with van der Waals surface area (Å²) in [6, 6.07) is 9.36. The number of benzene rings is 1. The van der Waals surface area contributed by atoms with Gasteiger partial charge in [-0.2, -0.15) is 0 Å². The minimum atomic E-state index is -0.351. The van der Waals surface area contributed by atoms with Gasteiger partial charge in [0.1, 0.15) is 6.04 Å². The first-order chi connectivity index (χ1) is 16.2. The SMILES string of the molecule is O=C(NCC1(N2CCOCC2)CCCCC1)C1CC2CCCCC2N1C(=O)c1ccccc1. The van der Waals surface area contributed by atoms with Gasteiger partial charge in [-0.05, 0) is 50.2 Å². The summed E-state index contributed by atoms with van der Waals surface area (Å²) >= 11 is 0. The molecule has 180 valence electrons. The molecule has 6 nitrogen and oxygen atoms in total. The van der Waals surface area contributed by atoms with Gasteiger partial charge in [-0.1, -0.05) is 50.3 Å². The molecule has 2 saturated carbocycles. The highest BCUT2D eigenvalue weighted by Crippen LogP contribution is 2.41. The van der Waals surface area contributed by atoms with Gasteiger partial charge in [0.05, 0.1) is 13.2 Å². The number of hydrogen-bond acceptors (Lipinski definition) is 4. The smallest absolute Gasteiger partial charge is 0.254 e. The van der Waals surface area contributed by atoms with Gasteiger partial charge in [0.2, 0.25) is 5.91 Å². The molecule has 2 amide bonds. The Balaban J connectivity index is 1.32. The molecule has 2 aliphatic heterocycles. The van der Waals surface area contributed by atoms with Gasteiger partial charge < -0.3 is 15.0 Å². The lowest BCUT2D eigenvalue weighted by Crippen LogP contribution is -2.61. The Bertz CT molecular complexity index is 817. The quantitative estimate of drug-likeness (QED) is 0.740. The van der Waals surface area contributed by atoms with Crippen LogP contribution in [-0.2, 0) is 9.53 Å². The number of hydrogen-bond donors (Lipinski definition) is 1. The number of carbonyl (C=O) groups excluding carboxylic acids is 2. The first-order valence-corrected chi connectivity index (χ1v) is 13.2. The van der Waals surface area contributed by atoms with Crippen molar-refractivity contribution < 1.29 is 14.3 Å². The van der Waals surface area contributed by atoms with Crippen LogP contribution in [0.4, 0.5) is 0 Å². The van der Waals surface area contributed by atoms with Crippen LogP contribution >= 0.6 is 0 Å². The van der Waals surface area contributed by atoms with Crippen LogP contribution in [0.15, 0.2) is 30.3 Å². The molecule has 6 heteroatoms. The standard InChI is InChI=1S/C27H39N3O3/c31-25(28-20-27(13-7-2-8-14-27)29-15-17-33-18-16-29)24-19-22-11-5-6-12-23(22)30(24)26(32)21-9-3-1-4-10-21/h1,3-4,9-10,22-24H,2,5-8,11-20H2,(H,28,31). The molecule has 4 aliphatic rings. The van der Waals surface area contributed by atoms with Gasteiger partial charge in [0.25, 0.3) is 5.91 Å². The summed E-state index contributed by atoms with van der Waals surface area (Å²) in [5.74, 6) is 0.516. The Kier molecular flexibility index (Phi) is 7.02. The van der Waals surface area contributed by atoms with Crippen LogP contribution in [-0.4, -0.2) is 72.1 Å². The molecule has 4 fully saturated rings. The average molecular weight is 454 g/mol. The van der Waals surface area contributed by atoms with E-state index in [1.54, 1.807) is 0 Å². The van der Waals surface area contributed by atoms with Crippen molar-refractivity contribution in [2.75, 3.05) is 32.8 Å². The fraction of sp³-hybridized carbons (Fsp3) is 0.704. The van der Waals surface area contributed by atoms with E-state index in [9.17, 15) is 9.59 Å². The van der Waals surface area contributed by atoms with Crippen molar-refractivity contribution >= 4 is 11.8 Å². The van der Waals surface area contributed by atoms with Crippen molar-refractivity contribution in [1.82, 2.24) is 15.1 Å². The fourth-order valence-electron chi connectivity index (χ4n) is 6.94. The zero-order valence-electron chi connectivity index (χ0n) is 19.8. The second kappa shape index (κ2) is 10.1. The Hall–Kier alpha value is -1.92. The maximum atomic E-state index is 13.7. The number of rotatable bonds is 5. The Morgan fingerprint density at radius 3 is 2.45 bits per heavy atom. The Morgan fingerprint density at radius 2 is 1.70 bits per heavy atom. The topological polar surface area (TPSA) is 61.9 Å². The zero-order chi connectivity index (χ0) is 22.7. The summed E-state index contributed by atoms with van der Waals surface area (Å²) in [4.78, 5) is 31.7. The molecule has 2 saturated heterocycles. The number of morpholine rings is 1. The molecule has 3 unspecified atom stereocenters. The molecule has 0 spiro atoms. The first-order valence-electron chi connectivity index (χ1n) is 13.2. The maximum Gasteiger partial charge on any atom is 0.254 e. The van der Waals surface area contributed by atoms with Gasteiger partial charge in [-0.15, -0.1) is 0 Å². The van der Waals surface area contributed by atoms with Crippen LogP contribution in [0.1, 0.15) is 74.6 Å². The van der Waals surface area contributed by atoms with Crippen LogP contribution < -0.4 is 5.32 Å². The van der Waals surface area contributed by atoms with Crippen LogP contribution in [0.3, 0.4) is 0 Å². The molecule has 0 aromatic heterocycles. The zero-order valence-corrected chi connectivity index (χ0v) is 19.8. The lowest BCUT2D eigenvalue weighted by molar-refractivity contribution is -0.126. The van der Waals surface area contributed by atoms with Gasteiger partial charge in [-0.3, -0.25) is 14.5 Å². The number of nitrogens with one attached hydrogen (secondary N) is 1. The monoisotopic (exact) mass is 453 g/mol. The molecule has 1 aromatic carbocycles. The lowest BCUT2D eigenvalue weighted by Gasteiger charge is -2.48. The Morgan fingerprint density at radius 1 is 0.970 bits per heavy atom. The van der Waals surface area contributed by atoms with E-state index in [0.29, 0.717) is 18.0 Å². The fourth-order valence-corrected chi connectivity index (χ4v) is 6.94. The second-order valence-electron chi connectivity index (χ2n) is 10.5.